The highest BCUT2D eigenvalue weighted by atomic mass is 16.5. The van der Waals surface area contributed by atoms with Crippen LogP contribution in [-0.2, 0) is 4.74 Å². The first-order chi connectivity index (χ1) is 8.25. The molecule has 1 aliphatic rings. The van der Waals surface area contributed by atoms with Crippen molar-refractivity contribution < 1.29 is 14.6 Å². The van der Waals surface area contributed by atoms with Gasteiger partial charge in [0.25, 0.3) is 5.91 Å². The number of hydrogen-bond donors (Lipinski definition) is 2. The number of carbonyl (C=O) groups is 1. The Morgan fingerprint density at radius 3 is 3.18 bits per heavy atom. The molecule has 1 fully saturated rings. The number of amides is 1. The molecule has 5 nitrogen and oxygen atoms in total. The molecule has 0 radical (unpaired) electrons. The normalized spacial score (nSPS) is 19.9. The molecule has 1 aromatic heterocycles. The maximum Gasteiger partial charge on any atom is 0.252 e. The Kier molecular flexibility index (Phi) is 3.93. The van der Waals surface area contributed by atoms with Gasteiger partial charge < -0.3 is 15.2 Å². The summed E-state index contributed by atoms with van der Waals surface area (Å²) in [6, 6.07) is 1.40. The van der Waals surface area contributed by atoms with E-state index in [9.17, 15) is 9.90 Å². The van der Waals surface area contributed by atoms with Crippen LogP contribution in [0.3, 0.4) is 0 Å². The molecule has 2 rings (SSSR count). The molecule has 1 atom stereocenters. The van der Waals surface area contributed by atoms with Gasteiger partial charge in [-0.3, -0.25) is 9.78 Å². The summed E-state index contributed by atoms with van der Waals surface area (Å²) >= 11 is 0. The number of hydrogen-bond acceptors (Lipinski definition) is 4. The van der Waals surface area contributed by atoms with Crippen molar-refractivity contribution in [2.45, 2.75) is 12.8 Å². The molecule has 0 saturated carbocycles. The van der Waals surface area contributed by atoms with Gasteiger partial charge in [-0.2, -0.15) is 0 Å². The molecule has 92 valence electrons. The van der Waals surface area contributed by atoms with Crippen molar-refractivity contribution in [1.29, 1.82) is 0 Å². The molecular formula is C12H16N2O3. The van der Waals surface area contributed by atoms with E-state index in [-0.39, 0.29) is 11.7 Å². The summed E-state index contributed by atoms with van der Waals surface area (Å²) in [6.45, 7) is 2.13. The van der Waals surface area contributed by atoms with E-state index in [0.29, 0.717) is 24.6 Å². The van der Waals surface area contributed by atoms with Crippen molar-refractivity contribution in [2.24, 2.45) is 5.92 Å². The third kappa shape index (κ3) is 3.42. The topological polar surface area (TPSA) is 71.5 Å². The molecule has 1 aliphatic heterocycles. The number of aromatic hydroxyl groups is 1. The molecular weight excluding hydrogens is 220 g/mol. The minimum Gasteiger partial charge on any atom is -0.506 e. The fraction of sp³-hybridized carbons (Fsp3) is 0.500. The minimum atomic E-state index is -0.209. The highest BCUT2D eigenvalue weighted by Gasteiger charge is 2.15. The first kappa shape index (κ1) is 11.9. The van der Waals surface area contributed by atoms with E-state index in [2.05, 4.69) is 10.3 Å². The third-order valence-corrected chi connectivity index (χ3v) is 2.79. The smallest absolute Gasteiger partial charge is 0.252 e. The Morgan fingerprint density at radius 1 is 1.59 bits per heavy atom. The molecule has 1 aromatic rings. The molecule has 1 unspecified atom stereocenters. The standard InChI is InChI=1S/C12H16N2O3/c15-11-4-10(6-13-7-11)12(16)14-5-9-2-1-3-17-8-9/h4,6-7,9,15H,1-3,5,8H2,(H,14,16). The van der Waals surface area contributed by atoms with Gasteiger partial charge in [0.15, 0.2) is 0 Å². The predicted octanol–water partition coefficient (Wildman–Crippen LogP) is 0.944. The van der Waals surface area contributed by atoms with Gasteiger partial charge in [0.2, 0.25) is 0 Å². The fourth-order valence-corrected chi connectivity index (χ4v) is 1.86. The molecule has 1 saturated heterocycles. The van der Waals surface area contributed by atoms with E-state index >= 15 is 0 Å². The second kappa shape index (κ2) is 5.63. The summed E-state index contributed by atoms with van der Waals surface area (Å²) in [5.41, 5.74) is 0.377. The Bertz CT molecular complexity index is 389. The molecule has 1 amide bonds. The van der Waals surface area contributed by atoms with Crippen molar-refractivity contribution in [1.82, 2.24) is 10.3 Å². The lowest BCUT2D eigenvalue weighted by molar-refractivity contribution is 0.0536. The van der Waals surface area contributed by atoms with Crippen LogP contribution in [0.15, 0.2) is 18.5 Å². The predicted molar refractivity (Wildman–Crippen MR) is 61.8 cm³/mol. The van der Waals surface area contributed by atoms with Crippen molar-refractivity contribution in [3.63, 3.8) is 0 Å². The van der Waals surface area contributed by atoms with Gasteiger partial charge in [-0.15, -0.1) is 0 Å². The summed E-state index contributed by atoms with van der Waals surface area (Å²) in [5, 5.41) is 12.0. The quantitative estimate of drug-likeness (QED) is 0.819. The van der Waals surface area contributed by atoms with Crippen molar-refractivity contribution in [3.05, 3.63) is 24.0 Å². The average Bonchev–Trinajstić information content (AvgIpc) is 2.37. The van der Waals surface area contributed by atoms with Crippen LogP contribution in [0, 0.1) is 5.92 Å². The lowest BCUT2D eigenvalue weighted by Crippen LogP contribution is -2.33. The zero-order valence-electron chi connectivity index (χ0n) is 9.56. The van der Waals surface area contributed by atoms with Crippen LogP contribution in [0.2, 0.25) is 0 Å². The van der Waals surface area contributed by atoms with E-state index < -0.39 is 0 Å². The maximum absolute atomic E-state index is 11.7. The van der Waals surface area contributed by atoms with Crippen molar-refractivity contribution >= 4 is 5.91 Å². The monoisotopic (exact) mass is 236 g/mol. The van der Waals surface area contributed by atoms with Crippen molar-refractivity contribution in [2.75, 3.05) is 19.8 Å². The van der Waals surface area contributed by atoms with Crippen LogP contribution < -0.4 is 5.32 Å². The van der Waals surface area contributed by atoms with Crippen LogP contribution in [0.5, 0.6) is 5.75 Å². The number of pyridine rings is 1. The number of rotatable bonds is 3. The summed E-state index contributed by atoms with van der Waals surface area (Å²) in [5.74, 6) is 0.176. The van der Waals surface area contributed by atoms with Crippen LogP contribution >= 0.6 is 0 Å². The highest BCUT2D eigenvalue weighted by molar-refractivity contribution is 5.94. The minimum absolute atomic E-state index is 0.00125. The first-order valence-corrected chi connectivity index (χ1v) is 5.75. The van der Waals surface area contributed by atoms with E-state index in [1.165, 1.54) is 18.5 Å². The zero-order chi connectivity index (χ0) is 12.1. The lowest BCUT2D eigenvalue weighted by atomic mass is 10.0. The summed E-state index contributed by atoms with van der Waals surface area (Å²) in [7, 11) is 0. The second-order valence-electron chi connectivity index (χ2n) is 4.23. The molecule has 0 spiro atoms. The molecule has 0 aromatic carbocycles. The average molecular weight is 236 g/mol. The van der Waals surface area contributed by atoms with Crippen LogP contribution in [0.25, 0.3) is 0 Å². The Labute approximate surface area is 99.8 Å². The zero-order valence-corrected chi connectivity index (χ0v) is 9.56. The van der Waals surface area contributed by atoms with Crippen LogP contribution in [-0.4, -0.2) is 35.8 Å². The molecule has 0 aliphatic carbocycles. The van der Waals surface area contributed by atoms with Gasteiger partial charge in [-0.1, -0.05) is 0 Å². The van der Waals surface area contributed by atoms with Crippen LogP contribution in [0.4, 0.5) is 0 Å². The van der Waals surface area contributed by atoms with E-state index in [0.717, 1.165) is 19.4 Å². The van der Waals surface area contributed by atoms with Gasteiger partial charge in [0.1, 0.15) is 5.75 Å². The van der Waals surface area contributed by atoms with Crippen molar-refractivity contribution in [3.8, 4) is 5.75 Å². The second-order valence-corrected chi connectivity index (χ2v) is 4.23. The summed E-state index contributed by atoms with van der Waals surface area (Å²) in [6.07, 6.45) is 4.87. The molecule has 2 N–H and O–H groups in total. The lowest BCUT2D eigenvalue weighted by Gasteiger charge is -2.22. The molecule has 0 bridgehead atoms. The van der Waals surface area contributed by atoms with Gasteiger partial charge in [0, 0.05) is 19.3 Å². The van der Waals surface area contributed by atoms with E-state index in [1.807, 2.05) is 0 Å². The van der Waals surface area contributed by atoms with Gasteiger partial charge in [-0.05, 0) is 24.8 Å². The van der Waals surface area contributed by atoms with Gasteiger partial charge >= 0.3 is 0 Å². The Morgan fingerprint density at radius 2 is 2.47 bits per heavy atom. The highest BCUT2D eigenvalue weighted by Crippen LogP contribution is 2.13. The van der Waals surface area contributed by atoms with Crippen LogP contribution in [0.1, 0.15) is 23.2 Å². The van der Waals surface area contributed by atoms with E-state index in [4.69, 9.17) is 4.74 Å². The Hall–Kier alpha value is -1.62. The summed E-state index contributed by atoms with van der Waals surface area (Å²) in [4.78, 5) is 15.5. The molecule has 2 heterocycles. The third-order valence-electron chi connectivity index (χ3n) is 2.79. The number of carbonyl (C=O) groups excluding carboxylic acids is 1. The maximum atomic E-state index is 11.7. The number of aromatic nitrogens is 1. The summed E-state index contributed by atoms with van der Waals surface area (Å²) < 4.78 is 5.34. The molecule has 5 heteroatoms. The SMILES string of the molecule is O=C(NCC1CCCOC1)c1cncc(O)c1. The number of ether oxygens (including phenoxy) is 1. The van der Waals surface area contributed by atoms with Gasteiger partial charge in [-0.25, -0.2) is 0 Å². The first-order valence-electron chi connectivity index (χ1n) is 5.75. The van der Waals surface area contributed by atoms with Gasteiger partial charge in [0.05, 0.1) is 18.4 Å². The fourth-order valence-electron chi connectivity index (χ4n) is 1.86. The Balaban J connectivity index is 1.84. The number of nitrogens with zero attached hydrogens (tertiary/aromatic N) is 1. The largest absolute Gasteiger partial charge is 0.506 e. The molecule has 17 heavy (non-hydrogen) atoms. The van der Waals surface area contributed by atoms with E-state index in [1.54, 1.807) is 0 Å². The number of nitrogens with one attached hydrogen (secondary N) is 1.